The molecule has 4 aromatic carbocycles. The highest BCUT2D eigenvalue weighted by molar-refractivity contribution is 14.1. The quantitative estimate of drug-likeness (QED) is 0.0981. The van der Waals surface area contributed by atoms with Gasteiger partial charge < -0.3 is 18.4 Å². The van der Waals surface area contributed by atoms with E-state index in [2.05, 4.69) is 10.5 Å². The van der Waals surface area contributed by atoms with Crippen LogP contribution in [0.5, 0.6) is 23.0 Å². The van der Waals surface area contributed by atoms with Crippen molar-refractivity contribution in [1.29, 1.82) is 0 Å². The number of hydrogen-bond donors (Lipinski definition) is 1. The van der Waals surface area contributed by atoms with Crippen molar-refractivity contribution in [1.82, 2.24) is 5.43 Å². The Labute approximate surface area is 246 Å². The summed E-state index contributed by atoms with van der Waals surface area (Å²) in [7, 11) is -1.16. The molecule has 0 saturated heterocycles. The Morgan fingerprint density at radius 3 is 2.23 bits per heavy atom. The van der Waals surface area contributed by atoms with Gasteiger partial charge in [0.05, 0.1) is 24.0 Å². The molecule has 0 aromatic heterocycles. The summed E-state index contributed by atoms with van der Waals surface area (Å²) in [6.45, 7) is 0.358. The fraction of sp³-hybridized carbons (Fsp3) is 0.103. The molecule has 9 nitrogen and oxygen atoms in total. The van der Waals surface area contributed by atoms with E-state index in [0.29, 0.717) is 32.8 Å². The van der Waals surface area contributed by atoms with Crippen LogP contribution in [0.25, 0.3) is 0 Å². The maximum atomic E-state index is 12.7. The Morgan fingerprint density at radius 1 is 0.875 bits per heavy atom. The molecular weight excluding hydrogens is 647 g/mol. The fourth-order valence-electron chi connectivity index (χ4n) is 3.53. The predicted molar refractivity (Wildman–Crippen MR) is 159 cm³/mol. The van der Waals surface area contributed by atoms with Crippen LogP contribution in [0.1, 0.15) is 21.5 Å². The second-order valence-electron chi connectivity index (χ2n) is 8.22. The summed E-state index contributed by atoms with van der Waals surface area (Å²) in [6, 6.07) is 25.6. The second-order valence-corrected chi connectivity index (χ2v) is 10.9. The molecule has 0 aliphatic heterocycles. The number of halogens is 1. The standard InChI is InChI=1S/C29H25IN2O7S/c1-36-26-17-22(13-14-25(26)38-19-20-9-5-3-6-10-20)29(33)32-31-18-21-15-24(30)28(27(16-21)37-2)39-40(34,35)23-11-7-4-8-12-23/h3-18H,19H2,1-2H3,(H,32,33)/b31-18+. The Balaban J connectivity index is 1.43. The molecule has 0 atom stereocenters. The minimum absolute atomic E-state index is 0.0219. The molecule has 0 spiro atoms. The first-order valence-corrected chi connectivity index (χ1v) is 14.3. The third-order valence-corrected chi connectivity index (χ3v) is 7.56. The highest BCUT2D eigenvalue weighted by Gasteiger charge is 2.21. The molecule has 0 aliphatic rings. The number of carbonyl (C=O) groups is 1. The van der Waals surface area contributed by atoms with E-state index in [1.54, 1.807) is 48.5 Å². The van der Waals surface area contributed by atoms with E-state index >= 15 is 0 Å². The summed E-state index contributed by atoms with van der Waals surface area (Å²) >= 11 is 1.95. The summed E-state index contributed by atoms with van der Waals surface area (Å²) in [5.74, 6) is 0.696. The summed E-state index contributed by atoms with van der Waals surface area (Å²) in [6.07, 6.45) is 1.41. The average Bonchev–Trinajstić information content (AvgIpc) is 2.98. The van der Waals surface area contributed by atoms with Gasteiger partial charge in [-0.3, -0.25) is 4.79 Å². The van der Waals surface area contributed by atoms with Gasteiger partial charge in [0, 0.05) is 5.56 Å². The first-order chi connectivity index (χ1) is 19.3. The number of nitrogens with zero attached hydrogens (tertiary/aromatic N) is 1. The number of carbonyl (C=O) groups excluding carboxylic acids is 1. The summed E-state index contributed by atoms with van der Waals surface area (Å²) in [5, 5.41) is 4.03. The number of hydrazone groups is 1. The van der Waals surface area contributed by atoms with Gasteiger partial charge in [-0.1, -0.05) is 48.5 Å². The maximum absolute atomic E-state index is 12.7. The van der Waals surface area contributed by atoms with Gasteiger partial charge in [-0.25, -0.2) is 5.43 Å². The number of ether oxygens (including phenoxy) is 3. The molecule has 1 N–H and O–H groups in total. The van der Waals surface area contributed by atoms with Crippen molar-refractivity contribution >= 4 is 44.8 Å². The lowest BCUT2D eigenvalue weighted by Crippen LogP contribution is -2.17. The van der Waals surface area contributed by atoms with Crippen molar-refractivity contribution in [3.63, 3.8) is 0 Å². The summed E-state index contributed by atoms with van der Waals surface area (Å²) < 4.78 is 47.8. The van der Waals surface area contributed by atoms with Crippen LogP contribution in [0.3, 0.4) is 0 Å². The molecule has 206 valence electrons. The Hall–Kier alpha value is -4.10. The lowest BCUT2D eigenvalue weighted by atomic mass is 10.2. The Kier molecular flexibility index (Phi) is 9.61. The number of nitrogens with one attached hydrogen (secondary N) is 1. The smallest absolute Gasteiger partial charge is 0.339 e. The maximum Gasteiger partial charge on any atom is 0.339 e. The van der Waals surface area contributed by atoms with E-state index in [9.17, 15) is 13.2 Å². The zero-order valence-electron chi connectivity index (χ0n) is 21.5. The van der Waals surface area contributed by atoms with E-state index in [-0.39, 0.29) is 16.4 Å². The molecule has 1 amide bonds. The highest BCUT2D eigenvalue weighted by atomic mass is 127. The summed E-state index contributed by atoms with van der Waals surface area (Å²) in [5.41, 5.74) is 4.35. The molecule has 4 aromatic rings. The number of benzene rings is 4. The summed E-state index contributed by atoms with van der Waals surface area (Å²) in [4.78, 5) is 12.7. The first kappa shape index (κ1) is 28.9. The minimum atomic E-state index is -4.06. The zero-order valence-corrected chi connectivity index (χ0v) is 24.5. The van der Waals surface area contributed by atoms with Gasteiger partial charge in [-0.2, -0.15) is 13.5 Å². The predicted octanol–water partition coefficient (Wildman–Crippen LogP) is 5.42. The zero-order chi connectivity index (χ0) is 28.5. The number of methoxy groups -OCH3 is 2. The van der Waals surface area contributed by atoms with Crippen molar-refractivity contribution < 1.29 is 31.6 Å². The normalized spacial score (nSPS) is 11.2. The van der Waals surface area contributed by atoms with Crippen molar-refractivity contribution in [2.45, 2.75) is 11.5 Å². The molecule has 0 fully saturated rings. The van der Waals surface area contributed by atoms with E-state index in [4.69, 9.17) is 18.4 Å². The van der Waals surface area contributed by atoms with Crippen molar-refractivity contribution in [2.75, 3.05) is 14.2 Å². The molecule has 40 heavy (non-hydrogen) atoms. The van der Waals surface area contributed by atoms with Crippen LogP contribution in [0.15, 0.2) is 101 Å². The van der Waals surface area contributed by atoms with Crippen LogP contribution in [0, 0.1) is 3.57 Å². The molecule has 0 radical (unpaired) electrons. The molecule has 4 rings (SSSR count). The molecule has 0 heterocycles. The van der Waals surface area contributed by atoms with E-state index in [1.807, 2.05) is 52.9 Å². The van der Waals surface area contributed by atoms with Crippen molar-refractivity contribution in [2.24, 2.45) is 5.10 Å². The molecule has 11 heteroatoms. The van der Waals surface area contributed by atoms with Crippen LogP contribution in [-0.4, -0.2) is 34.8 Å². The Morgan fingerprint density at radius 2 is 1.55 bits per heavy atom. The Bertz CT molecular complexity index is 1610. The van der Waals surface area contributed by atoms with Crippen LogP contribution in [-0.2, 0) is 16.7 Å². The highest BCUT2D eigenvalue weighted by Crippen LogP contribution is 2.35. The number of rotatable bonds is 11. The average molecular weight is 672 g/mol. The largest absolute Gasteiger partial charge is 0.493 e. The van der Waals surface area contributed by atoms with E-state index in [0.717, 1.165) is 5.56 Å². The monoisotopic (exact) mass is 672 g/mol. The van der Waals surface area contributed by atoms with Gasteiger partial charge in [-0.15, -0.1) is 0 Å². The minimum Gasteiger partial charge on any atom is -0.493 e. The lowest BCUT2D eigenvalue weighted by molar-refractivity contribution is 0.0954. The second kappa shape index (κ2) is 13.3. The third-order valence-electron chi connectivity index (χ3n) is 5.52. The molecular formula is C29H25IN2O7S. The van der Waals surface area contributed by atoms with E-state index in [1.165, 1.54) is 32.6 Å². The van der Waals surface area contributed by atoms with Gasteiger partial charge in [0.15, 0.2) is 23.0 Å². The van der Waals surface area contributed by atoms with Crippen LogP contribution in [0.2, 0.25) is 0 Å². The van der Waals surface area contributed by atoms with Crippen LogP contribution < -0.4 is 23.8 Å². The molecule has 0 unspecified atom stereocenters. The van der Waals surface area contributed by atoms with Crippen LogP contribution >= 0.6 is 22.6 Å². The van der Waals surface area contributed by atoms with Gasteiger partial charge in [-0.05, 0) is 76.2 Å². The number of hydrogen-bond acceptors (Lipinski definition) is 8. The lowest BCUT2D eigenvalue weighted by Gasteiger charge is -2.13. The molecule has 0 saturated carbocycles. The topological polar surface area (TPSA) is 113 Å². The SMILES string of the molecule is COc1cc(C(=O)N/N=C/c2cc(I)c(OS(=O)(=O)c3ccccc3)c(OC)c2)ccc1OCc1ccccc1. The van der Waals surface area contributed by atoms with Gasteiger partial charge in [0.2, 0.25) is 0 Å². The number of amides is 1. The first-order valence-electron chi connectivity index (χ1n) is 11.9. The van der Waals surface area contributed by atoms with Crippen molar-refractivity contribution in [3.8, 4) is 23.0 Å². The fourth-order valence-corrected chi connectivity index (χ4v) is 5.40. The van der Waals surface area contributed by atoms with Gasteiger partial charge >= 0.3 is 10.1 Å². The molecule has 0 bridgehead atoms. The van der Waals surface area contributed by atoms with Gasteiger partial charge in [0.25, 0.3) is 5.91 Å². The third kappa shape index (κ3) is 7.30. The van der Waals surface area contributed by atoms with Crippen LogP contribution in [0.4, 0.5) is 0 Å². The van der Waals surface area contributed by atoms with Gasteiger partial charge in [0.1, 0.15) is 11.5 Å². The van der Waals surface area contributed by atoms with Crippen molar-refractivity contribution in [3.05, 3.63) is 111 Å². The molecule has 0 aliphatic carbocycles. The van der Waals surface area contributed by atoms with E-state index < -0.39 is 16.0 Å².